The molecule has 80 valence electrons. The van der Waals surface area contributed by atoms with Crippen molar-refractivity contribution in [1.29, 1.82) is 0 Å². The number of carbonyl (C=O) groups is 1. The molecule has 3 nitrogen and oxygen atoms in total. The van der Waals surface area contributed by atoms with Crippen LogP contribution in [0.3, 0.4) is 0 Å². The molecule has 1 heterocycles. The van der Waals surface area contributed by atoms with Gasteiger partial charge in [0, 0.05) is 12.5 Å². The van der Waals surface area contributed by atoms with Crippen molar-refractivity contribution in [2.45, 2.75) is 19.4 Å². The van der Waals surface area contributed by atoms with E-state index in [0.29, 0.717) is 18.8 Å². The maximum atomic E-state index is 12.8. The van der Waals surface area contributed by atoms with Crippen LogP contribution in [0.25, 0.3) is 0 Å². The second kappa shape index (κ2) is 3.88. The molecule has 0 aromatic heterocycles. The molecular weight excluding hydrogens is 199 g/mol. The van der Waals surface area contributed by atoms with E-state index in [-0.39, 0.29) is 5.82 Å². The van der Waals surface area contributed by atoms with Crippen LogP contribution in [0.15, 0.2) is 18.2 Å². The molecule has 0 bridgehead atoms. The van der Waals surface area contributed by atoms with Gasteiger partial charge in [-0.2, -0.15) is 0 Å². The van der Waals surface area contributed by atoms with Crippen molar-refractivity contribution in [2.75, 3.05) is 6.61 Å². The summed E-state index contributed by atoms with van der Waals surface area (Å²) in [6.07, 6.45) is -0.171. The largest absolute Gasteiger partial charge is 0.478 e. The van der Waals surface area contributed by atoms with Gasteiger partial charge in [0.15, 0.2) is 6.10 Å². The lowest BCUT2D eigenvalue weighted by Gasteiger charge is -2.08. The zero-order valence-electron chi connectivity index (χ0n) is 8.33. The lowest BCUT2D eigenvalue weighted by molar-refractivity contribution is -0.150. The van der Waals surface area contributed by atoms with Gasteiger partial charge in [-0.05, 0) is 18.6 Å². The highest BCUT2D eigenvalue weighted by Gasteiger charge is 2.30. The Morgan fingerprint density at radius 3 is 3.20 bits per heavy atom. The van der Waals surface area contributed by atoms with Gasteiger partial charge < -0.3 is 9.47 Å². The third-order valence-electron chi connectivity index (χ3n) is 2.25. The molecule has 0 radical (unpaired) electrons. The van der Waals surface area contributed by atoms with Crippen molar-refractivity contribution < 1.29 is 18.7 Å². The molecule has 2 rings (SSSR count). The summed E-state index contributed by atoms with van der Waals surface area (Å²) >= 11 is 0. The molecule has 1 aliphatic heterocycles. The van der Waals surface area contributed by atoms with E-state index in [9.17, 15) is 9.18 Å². The highest BCUT2D eigenvalue weighted by Crippen LogP contribution is 2.29. The van der Waals surface area contributed by atoms with Gasteiger partial charge in [0.05, 0.1) is 6.61 Å². The number of ether oxygens (including phenoxy) is 2. The maximum Gasteiger partial charge on any atom is 0.347 e. The van der Waals surface area contributed by atoms with Crippen molar-refractivity contribution in [2.24, 2.45) is 0 Å². The minimum absolute atomic E-state index is 0.323. The Balaban J connectivity index is 2.12. The molecule has 0 N–H and O–H groups in total. The standard InChI is InChI=1S/C11H11FO3/c1-2-14-11(13)10-5-7-3-4-8(12)6-9(7)15-10/h3-4,6,10H,2,5H2,1H3. The molecule has 0 amide bonds. The highest BCUT2D eigenvalue weighted by atomic mass is 19.1. The fourth-order valence-electron chi connectivity index (χ4n) is 1.57. The Hall–Kier alpha value is -1.58. The van der Waals surface area contributed by atoms with E-state index in [1.165, 1.54) is 12.1 Å². The zero-order chi connectivity index (χ0) is 10.8. The summed E-state index contributed by atoms with van der Waals surface area (Å²) < 4.78 is 23.0. The van der Waals surface area contributed by atoms with Crippen molar-refractivity contribution in [1.82, 2.24) is 0 Å². The average Bonchev–Trinajstić information content (AvgIpc) is 2.60. The number of carbonyl (C=O) groups excluding carboxylic acids is 1. The topological polar surface area (TPSA) is 35.5 Å². The van der Waals surface area contributed by atoms with Crippen LogP contribution in [0.2, 0.25) is 0 Å². The molecule has 0 saturated carbocycles. The van der Waals surface area contributed by atoms with Crippen LogP contribution >= 0.6 is 0 Å². The summed E-state index contributed by atoms with van der Waals surface area (Å²) in [5.74, 6) is -0.319. The predicted octanol–water partition coefficient (Wildman–Crippen LogP) is 1.69. The molecule has 15 heavy (non-hydrogen) atoms. The molecule has 1 atom stereocenters. The smallest absolute Gasteiger partial charge is 0.347 e. The number of benzene rings is 1. The third kappa shape index (κ3) is 1.93. The van der Waals surface area contributed by atoms with Crippen molar-refractivity contribution in [3.63, 3.8) is 0 Å². The summed E-state index contributed by atoms with van der Waals surface area (Å²) in [7, 11) is 0. The van der Waals surface area contributed by atoms with Gasteiger partial charge >= 0.3 is 5.97 Å². The maximum absolute atomic E-state index is 12.8. The van der Waals surface area contributed by atoms with Crippen molar-refractivity contribution in [3.05, 3.63) is 29.6 Å². The minimum Gasteiger partial charge on any atom is -0.478 e. The first kappa shape index (κ1) is 9.96. The summed E-state index contributed by atoms with van der Waals surface area (Å²) in [6.45, 7) is 2.06. The number of hydrogen-bond donors (Lipinski definition) is 0. The van der Waals surface area contributed by atoms with Gasteiger partial charge in [-0.15, -0.1) is 0 Å². The van der Waals surface area contributed by atoms with Crippen LogP contribution in [-0.4, -0.2) is 18.7 Å². The van der Waals surface area contributed by atoms with Gasteiger partial charge in [-0.3, -0.25) is 0 Å². The van der Waals surface area contributed by atoms with Crippen LogP contribution in [0.5, 0.6) is 5.75 Å². The number of fused-ring (bicyclic) bond motifs is 1. The highest BCUT2D eigenvalue weighted by molar-refractivity contribution is 5.76. The molecule has 0 saturated heterocycles. The Labute approximate surface area is 86.8 Å². The Bertz CT molecular complexity index is 389. The SMILES string of the molecule is CCOC(=O)C1Cc2ccc(F)cc2O1. The normalized spacial score (nSPS) is 18.1. The fraction of sp³-hybridized carbons (Fsp3) is 0.364. The van der Waals surface area contributed by atoms with Gasteiger partial charge in [-0.1, -0.05) is 6.07 Å². The second-order valence-corrected chi connectivity index (χ2v) is 3.31. The summed E-state index contributed by atoms with van der Waals surface area (Å²) in [4.78, 5) is 11.4. The van der Waals surface area contributed by atoms with Crippen LogP contribution < -0.4 is 4.74 Å². The molecule has 4 heteroatoms. The average molecular weight is 210 g/mol. The minimum atomic E-state index is -0.623. The molecular formula is C11H11FO3. The van der Waals surface area contributed by atoms with Crippen molar-refractivity contribution in [3.8, 4) is 5.75 Å². The van der Waals surface area contributed by atoms with Crippen LogP contribution in [-0.2, 0) is 16.0 Å². The Morgan fingerprint density at radius 2 is 2.47 bits per heavy atom. The molecule has 1 aliphatic rings. The summed E-state index contributed by atoms with van der Waals surface area (Å²) in [5, 5.41) is 0. The molecule has 1 aromatic rings. The summed E-state index contributed by atoms with van der Waals surface area (Å²) in [6, 6.07) is 4.27. The van der Waals surface area contributed by atoms with Crippen LogP contribution in [0.1, 0.15) is 12.5 Å². The van der Waals surface area contributed by atoms with E-state index in [4.69, 9.17) is 9.47 Å². The first-order valence-corrected chi connectivity index (χ1v) is 4.82. The van der Waals surface area contributed by atoms with E-state index in [1.807, 2.05) is 0 Å². The second-order valence-electron chi connectivity index (χ2n) is 3.31. The molecule has 1 unspecified atom stereocenters. The fourth-order valence-corrected chi connectivity index (χ4v) is 1.57. The number of hydrogen-bond acceptors (Lipinski definition) is 3. The number of halogens is 1. The lowest BCUT2D eigenvalue weighted by atomic mass is 10.1. The van der Waals surface area contributed by atoms with E-state index >= 15 is 0 Å². The van der Waals surface area contributed by atoms with Crippen LogP contribution in [0, 0.1) is 5.82 Å². The monoisotopic (exact) mass is 210 g/mol. The Kier molecular flexibility index (Phi) is 2.58. The molecule has 0 fully saturated rings. The molecule has 0 aliphatic carbocycles. The predicted molar refractivity (Wildman–Crippen MR) is 51.2 cm³/mol. The summed E-state index contributed by atoms with van der Waals surface area (Å²) in [5.41, 5.74) is 0.842. The first-order valence-electron chi connectivity index (χ1n) is 4.82. The first-order chi connectivity index (χ1) is 7.20. The lowest BCUT2D eigenvalue weighted by Crippen LogP contribution is -2.27. The van der Waals surface area contributed by atoms with Crippen LogP contribution in [0.4, 0.5) is 4.39 Å². The zero-order valence-corrected chi connectivity index (χ0v) is 8.33. The van der Waals surface area contributed by atoms with Gasteiger partial charge in [0.1, 0.15) is 11.6 Å². The third-order valence-corrected chi connectivity index (χ3v) is 2.25. The van der Waals surface area contributed by atoms with Gasteiger partial charge in [0.2, 0.25) is 0 Å². The molecule has 1 aromatic carbocycles. The Morgan fingerprint density at radius 1 is 1.67 bits per heavy atom. The van der Waals surface area contributed by atoms with E-state index in [0.717, 1.165) is 5.56 Å². The van der Waals surface area contributed by atoms with Gasteiger partial charge in [-0.25, -0.2) is 9.18 Å². The quantitative estimate of drug-likeness (QED) is 0.697. The molecule has 0 spiro atoms. The van der Waals surface area contributed by atoms with Gasteiger partial charge in [0.25, 0.3) is 0 Å². The van der Waals surface area contributed by atoms with E-state index in [1.54, 1.807) is 13.0 Å². The number of rotatable bonds is 2. The number of esters is 1. The van der Waals surface area contributed by atoms with Crippen molar-refractivity contribution >= 4 is 5.97 Å². The van der Waals surface area contributed by atoms with E-state index in [2.05, 4.69) is 0 Å². The van der Waals surface area contributed by atoms with E-state index < -0.39 is 12.1 Å².